The van der Waals surface area contributed by atoms with Crippen LogP contribution >= 0.6 is 0 Å². The number of rotatable bonds is 3. The van der Waals surface area contributed by atoms with Gasteiger partial charge in [-0.25, -0.2) is 9.47 Å². The molecule has 0 unspecified atom stereocenters. The minimum Gasteiger partial charge on any atom is -0.504 e. The molecule has 3 N–H and O–H groups in total. The van der Waals surface area contributed by atoms with E-state index in [1.165, 1.54) is 13.1 Å². The highest BCUT2D eigenvalue weighted by Gasteiger charge is 2.26. The highest BCUT2D eigenvalue weighted by Crippen LogP contribution is 2.35. The average Bonchev–Trinajstić information content (AvgIpc) is 2.57. The first-order chi connectivity index (χ1) is 11.9. The summed E-state index contributed by atoms with van der Waals surface area (Å²) < 4.78 is 15.3. The Kier molecular flexibility index (Phi) is 4.25. The SMILES string of the molecule is CNn1c(F)c(C(=O)O)c(=O)c2ccc(N3CCN(C)CC3)c(O)c21. The molecular weight excluding hydrogens is 331 g/mol. The third-order valence-electron chi connectivity index (χ3n) is 4.51. The van der Waals surface area contributed by atoms with Gasteiger partial charge >= 0.3 is 5.97 Å². The summed E-state index contributed by atoms with van der Waals surface area (Å²) >= 11 is 0. The van der Waals surface area contributed by atoms with Gasteiger partial charge in [0.2, 0.25) is 11.4 Å². The lowest BCUT2D eigenvalue weighted by Crippen LogP contribution is -2.44. The highest BCUT2D eigenvalue weighted by atomic mass is 19.1. The first-order valence-corrected chi connectivity index (χ1v) is 7.81. The van der Waals surface area contributed by atoms with Gasteiger partial charge in [-0.15, -0.1) is 0 Å². The van der Waals surface area contributed by atoms with Crippen LogP contribution < -0.4 is 15.8 Å². The fourth-order valence-corrected chi connectivity index (χ4v) is 3.11. The lowest BCUT2D eigenvalue weighted by atomic mass is 10.1. The van der Waals surface area contributed by atoms with E-state index in [1.54, 1.807) is 6.07 Å². The number of hydrogen-bond donors (Lipinski definition) is 3. The molecule has 1 aliphatic rings. The summed E-state index contributed by atoms with van der Waals surface area (Å²) in [5, 5.41) is 19.7. The van der Waals surface area contributed by atoms with Crippen molar-refractivity contribution in [3.63, 3.8) is 0 Å². The number of fused-ring (bicyclic) bond motifs is 1. The van der Waals surface area contributed by atoms with Crippen LogP contribution in [0.5, 0.6) is 5.75 Å². The Morgan fingerprint density at radius 1 is 1.24 bits per heavy atom. The van der Waals surface area contributed by atoms with Crippen molar-refractivity contribution < 1.29 is 19.4 Å². The Balaban J connectivity index is 2.27. The molecule has 2 heterocycles. The van der Waals surface area contributed by atoms with Crippen LogP contribution in [0.25, 0.3) is 10.9 Å². The van der Waals surface area contributed by atoms with Gasteiger partial charge in [0.25, 0.3) is 0 Å². The first kappa shape index (κ1) is 17.0. The van der Waals surface area contributed by atoms with Crippen LogP contribution in [0.15, 0.2) is 16.9 Å². The Hall–Kier alpha value is -2.81. The molecule has 0 aliphatic carbocycles. The van der Waals surface area contributed by atoms with E-state index in [0.29, 0.717) is 18.8 Å². The van der Waals surface area contributed by atoms with E-state index >= 15 is 0 Å². The number of benzene rings is 1. The summed E-state index contributed by atoms with van der Waals surface area (Å²) in [6.07, 6.45) is 0. The van der Waals surface area contributed by atoms with Gasteiger partial charge in [0.05, 0.1) is 11.1 Å². The van der Waals surface area contributed by atoms with Gasteiger partial charge in [0.15, 0.2) is 11.3 Å². The molecule has 0 saturated carbocycles. The highest BCUT2D eigenvalue weighted by molar-refractivity contribution is 5.96. The second-order valence-electron chi connectivity index (χ2n) is 5.98. The zero-order valence-electron chi connectivity index (χ0n) is 13.9. The van der Waals surface area contributed by atoms with Crippen molar-refractivity contribution in [2.24, 2.45) is 0 Å². The second kappa shape index (κ2) is 6.25. The van der Waals surface area contributed by atoms with Crippen molar-refractivity contribution in [1.29, 1.82) is 0 Å². The molecule has 25 heavy (non-hydrogen) atoms. The van der Waals surface area contributed by atoms with E-state index in [4.69, 9.17) is 5.11 Å². The minimum absolute atomic E-state index is 0.0662. The largest absolute Gasteiger partial charge is 0.504 e. The van der Waals surface area contributed by atoms with Gasteiger partial charge < -0.3 is 25.4 Å². The van der Waals surface area contributed by atoms with Gasteiger partial charge in [-0.1, -0.05) is 0 Å². The maximum Gasteiger partial charge on any atom is 0.344 e. The number of pyridine rings is 1. The fourth-order valence-electron chi connectivity index (χ4n) is 3.11. The van der Waals surface area contributed by atoms with Crippen molar-refractivity contribution >= 4 is 22.6 Å². The number of phenols is 1. The summed E-state index contributed by atoms with van der Waals surface area (Å²) in [6.45, 7) is 2.97. The summed E-state index contributed by atoms with van der Waals surface area (Å²) in [7, 11) is 3.37. The van der Waals surface area contributed by atoms with Crippen LogP contribution in [-0.4, -0.2) is 66.0 Å². The van der Waals surface area contributed by atoms with E-state index in [-0.39, 0.29) is 16.7 Å². The summed E-state index contributed by atoms with van der Waals surface area (Å²) in [5.74, 6) is -3.17. The Morgan fingerprint density at radius 3 is 2.44 bits per heavy atom. The lowest BCUT2D eigenvalue weighted by molar-refractivity contribution is 0.0688. The van der Waals surface area contributed by atoms with E-state index in [2.05, 4.69) is 10.3 Å². The number of likely N-dealkylation sites (N-methyl/N-ethyl adjacent to an activating group) is 1. The number of aromatic nitrogens is 1. The lowest BCUT2D eigenvalue weighted by Gasteiger charge is -2.34. The van der Waals surface area contributed by atoms with Gasteiger partial charge in [-0.2, -0.15) is 4.39 Å². The van der Waals surface area contributed by atoms with E-state index in [9.17, 15) is 19.1 Å². The molecule has 0 radical (unpaired) electrons. The molecule has 0 spiro atoms. The number of carboxylic acids is 1. The number of halogens is 1. The normalized spacial score (nSPS) is 15.6. The number of carboxylic acid groups (broad SMARTS) is 1. The van der Waals surface area contributed by atoms with Crippen LogP contribution in [0, 0.1) is 5.95 Å². The van der Waals surface area contributed by atoms with E-state index < -0.39 is 22.9 Å². The Labute approximate surface area is 142 Å². The van der Waals surface area contributed by atoms with Gasteiger partial charge in [0.1, 0.15) is 5.52 Å². The quantitative estimate of drug-likeness (QED) is 0.692. The van der Waals surface area contributed by atoms with Crippen molar-refractivity contribution in [3.8, 4) is 5.75 Å². The van der Waals surface area contributed by atoms with E-state index in [1.807, 2.05) is 11.9 Å². The molecule has 9 heteroatoms. The number of nitrogens with one attached hydrogen (secondary N) is 1. The Morgan fingerprint density at radius 2 is 1.88 bits per heavy atom. The molecule has 1 fully saturated rings. The van der Waals surface area contributed by atoms with Crippen molar-refractivity contribution in [2.45, 2.75) is 0 Å². The number of piperazine rings is 1. The van der Waals surface area contributed by atoms with Gasteiger partial charge in [-0.3, -0.25) is 4.79 Å². The monoisotopic (exact) mass is 350 g/mol. The predicted molar refractivity (Wildman–Crippen MR) is 91.8 cm³/mol. The zero-order chi connectivity index (χ0) is 18.3. The topological polar surface area (TPSA) is 98.0 Å². The number of aromatic carboxylic acids is 1. The fraction of sp³-hybridized carbons (Fsp3) is 0.375. The van der Waals surface area contributed by atoms with Gasteiger partial charge in [-0.05, 0) is 19.2 Å². The Bertz CT molecular complexity index is 903. The third kappa shape index (κ3) is 2.66. The smallest absolute Gasteiger partial charge is 0.344 e. The van der Waals surface area contributed by atoms with Crippen LogP contribution in [0.2, 0.25) is 0 Å². The first-order valence-electron chi connectivity index (χ1n) is 7.81. The maximum atomic E-state index is 14.5. The molecule has 134 valence electrons. The van der Waals surface area contributed by atoms with Crippen LogP contribution in [0.3, 0.4) is 0 Å². The molecule has 0 amide bonds. The molecule has 3 rings (SSSR count). The van der Waals surface area contributed by atoms with Gasteiger partial charge in [0, 0.05) is 33.2 Å². The number of carbonyl (C=O) groups is 1. The standard InChI is InChI=1S/C16H19FN4O4/c1-18-21-12-9(13(22)11(15(21)17)16(24)25)3-4-10(14(12)23)20-7-5-19(2)6-8-20/h3-4,18,23H,5-8H2,1-2H3,(H,24,25). The number of aromatic hydroxyl groups is 1. The van der Waals surface area contributed by atoms with Crippen molar-refractivity contribution in [2.75, 3.05) is 50.6 Å². The summed E-state index contributed by atoms with van der Waals surface area (Å²) in [5.41, 5.74) is 0.962. The second-order valence-corrected chi connectivity index (χ2v) is 5.98. The predicted octanol–water partition coefficient (Wildman–Crippen LogP) is 0.470. The molecule has 0 bridgehead atoms. The molecule has 1 aromatic heterocycles. The third-order valence-corrected chi connectivity index (χ3v) is 4.51. The molecule has 1 aliphatic heterocycles. The van der Waals surface area contributed by atoms with Crippen LogP contribution in [0.1, 0.15) is 10.4 Å². The maximum absolute atomic E-state index is 14.5. The van der Waals surface area contributed by atoms with Crippen LogP contribution in [-0.2, 0) is 0 Å². The summed E-state index contributed by atoms with van der Waals surface area (Å²) in [6, 6.07) is 2.98. The molecule has 1 aromatic carbocycles. The average molecular weight is 350 g/mol. The molecule has 2 aromatic rings. The number of anilines is 1. The molecule has 8 nitrogen and oxygen atoms in total. The number of phenolic OH excluding ortho intramolecular Hbond substituents is 1. The number of nitrogens with zero attached hydrogens (tertiary/aromatic N) is 3. The number of hydrogen-bond acceptors (Lipinski definition) is 6. The van der Waals surface area contributed by atoms with Crippen LogP contribution in [0.4, 0.5) is 10.1 Å². The molecule has 1 saturated heterocycles. The summed E-state index contributed by atoms with van der Waals surface area (Å²) in [4.78, 5) is 27.7. The van der Waals surface area contributed by atoms with Crippen molar-refractivity contribution in [1.82, 2.24) is 9.58 Å². The van der Waals surface area contributed by atoms with Crippen molar-refractivity contribution in [3.05, 3.63) is 33.9 Å². The zero-order valence-corrected chi connectivity index (χ0v) is 13.9. The van der Waals surface area contributed by atoms with E-state index in [0.717, 1.165) is 17.8 Å². The molecular formula is C16H19FN4O4. The molecule has 0 atom stereocenters. The minimum atomic E-state index is -1.66.